The van der Waals surface area contributed by atoms with Crippen molar-refractivity contribution in [2.45, 2.75) is 32.9 Å². The second kappa shape index (κ2) is 7.17. The van der Waals surface area contributed by atoms with Gasteiger partial charge in [-0.25, -0.2) is 4.39 Å². The summed E-state index contributed by atoms with van der Waals surface area (Å²) >= 11 is 0. The van der Waals surface area contributed by atoms with E-state index in [-0.39, 0.29) is 11.9 Å². The molecule has 2 aromatic rings. The van der Waals surface area contributed by atoms with Crippen LogP contribution in [-0.2, 0) is 6.54 Å². The minimum absolute atomic E-state index is 0.318. The smallest absolute Gasteiger partial charge is 0.161 e. The summed E-state index contributed by atoms with van der Waals surface area (Å²) in [5.74, 6) is 0.320. The summed E-state index contributed by atoms with van der Waals surface area (Å²) in [5, 5.41) is 7.66. The number of pyridine rings is 1. The molecule has 0 amide bonds. The Morgan fingerprint density at radius 2 is 2.19 bits per heavy atom. The van der Waals surface area contributed by atoms with Crippen molar-refractivity contribution in [3.63, 3.8) is 0 Å². The van der Waals surface area contributed by atoms with Crippen molar-refractivity contribution >= 4 is 0 Å². The zero-order valence-corrected chi connectivity index (χ0v) is 12.6. The van der Waals surface area contributed by atoms with Crippen molar-refractivity contribution in [2.24, 2.45) is 0 Å². The fourth-order valence-corrected chi connectivity index (χ4v) is 2.39. The molecule has 2 aromatic heterocycles. The average molecular weight is 292 g/mol. The highest BCUT2D eigenvalue weighted by Crippen LogP contribution is 2.31. The van der Waals surface area contributed by atoms with E-state index in [4.69, 9.17) is 4.74 Å². The summed E-state index contributed by atoms with van der Waals surface area (Å²) in [6.45, 7) is 5.52. The molecule has 0 aliphatic carbocycles. The Morgan fingerprint density at radius 3 is 2.81 bits per heavy atom. The fourth-order valence-electron chi connectivity index (χ4n) is 2.39. The van der Waals surface area contributed by atoms with E-state index >= 15 is 0 Å². The molecule has 2 heterocycles. The summed E-state index contributed by atoms with van der Waals surface area (Å²) < 4.78 is 21.4. The minimum Gasteiger partial charge on any atom is -0.493 e. The number of nitrogens with one attached hydrogen (secondary N) is 1. The van der Waals surface area contributed by atoms with E-state index in [1.54, 1.807) is 25.6 Å². The van der Waals surface area contributed by atoms with Gasteiger partial charge in [0.05, 0.1) is 25.5 Å². The molecule has 6 heteroatoms. The number of aryl methyl sites for hydroxylation is 1. The van der Waals surface area contributed by atoms with Crippen molar-refractivity contribution in [1.29, 1.82) is 0 Å². The van der Waals surface area contributed by atoms with Crippen LogP contribution in [0.5, 0.6) is 5.75 Å². The van der Waals surface area contributed by atoms with Gasteiger partial charge in [0.2, 0.25) is 0 Å². The Hall–Kier alpha value is -1.95. The van der Waals surface area contributed by atoms with Crippen molar-refractivity contribution < 1.29 is 9.13 Å². The van der Waals surface area contributed by atoms with Crippen LogP contribution in [0.25, 0.3) is 0 Å². The number of halogens is 1. The quantitative estimate of drug-likeness (QED) is 0.852. The molecular formula is C15H21FN4O. The Bertz CT molecular complexity index is 585. The van der Waals surface area contributed by atoms with Crippen molar-refractivity contribution in [2.75, 3.05) is 13.7 Å². The second-order valence-electron chi connectivity index (χ2n) is 4.71. The molecule has 21 heavy (non-hydrogen) atoms. The Labute approximate surface area is 124 Å². The number of aromatic nitrogens is 3. The SMILES string of the molecule is CCCn1ncc(OC)c1C(NCC)c1ccncc1F. The van der Waals surface area contributed by atoms with Gasteiger partial charge in [-0.2, -0.15) is 5.10 Å². The minimum atomic E-state index is -0.338. The van der Waals surface area contributed by atoms with Gasteiger partial charge in [0.15, 0.2) is 5.75 Å². The lowest BCUT2D eigenvalue weighted by Gasteiger charge is -2.21. The molecule has 0 aromatic carbocycles. The van der Waals surface area contributed by atoms with E-state index in [2.05, 4.69) is 22.3 Å². The third kappa shape index (κ3) is 3.21. The summed E-state index contributed by atoms with van der Waals surface area (Å²) in [7, 11) is 1.60. The number of rotatable bonds is 7. The molecule has 0 aliphatic rings. The molecule has 1 atom stereocenters. The third-order valence-electron chi connectivity index (χ3n) is 3.30. The number of nitrogens with zero attached hydrogens (tertiary/aromatic N) is 3. The molecule has 5 nitrogen and oxygen atoms in total. The summed E-state index contributed by atoms with van der Waals surface area (Å²) in [4.78, 5) is 3.81. The van der Waals surface area contributed by atoms with Crippen LogP contribution in [0.4, 0.5) is 4.39 Å². The van der Waals surface area contributed by atoms with Gasteiger partial charge in [0.25, 0.3) is 0 Å². The highest BCUT2D eigenvalue weighted by molar-refractivity contribution is 5.36. The third-order valence-corrected chi connectivity index (χ3v) is 3.30. The average Bonchev–Trinajstić information content (AvgIpc) is 2.89. The predicted octanol–water partition coefficient (Wildman–Crippen LogP) is 2.53. The molecule has 114 valence electrons. The zero-order chi connectivity index (χ0) is 15.2. The van der Waals surface area contributed by atoms with Gasteiger partial charge >= 0.3 is 0 Å². The molecular weight excluding hydrogens is 271 g/mol. The molecule has 0 spiro atoms. The van der Waals surface area contributed by atoms with Crippen LogP contribution in [-0.4, -0.2) is 28.4 Å². The predicted molar refractivity (Wildman–Crippen MR) is 78.8 cm³/mol. The normalized spacial score (nSPS) is 12.4. The van der Waals surface area contributed by atoms with Crippen molar-refractivity contribution in [3.8, 4) is 5.75 Å². The Kier molecular flexibility index (Phi) is 5.27. The number of ether oxygens (including phenoxy) is 1. The monoisotopic (exact) mass is 292 g/mol. The standard InChI is InChI=1S/C15H21FN4O/c1-4-8-20-15(13(21-3)10-19-20)14(18-5-2)11-6-7-17-9-12(11)16/h6-7,9-10,14,18H,4-5,8H2,1-3H3. The molecule has 1 N–H and O–H groups in total. The van der Waals surface area contributed by atoms with E-state index in [9.17, 15) is 4.39 Å². The first kappa shape index (κ1) is 15.4. The van der Waals surface area contributed by atoms with Gasteiger partial charge < -0.3 is 10.1 Å². The molecule has 1 unspecified atom stereocenters. The van der Waals surface area contributed by atoms with Crippen molar-refractivity contribution in [3.05, 3.63) is 41.7 Å². The molecule has 0 saturated carbocycles. The van der Waals surface area contributed by atoms with Crippen LogP contribution < -0.4 is 10.1 Å². The first-order valence-electron chi connectivity index (χ1n) is 7.15. The number of methoxy groups -OCH3 is 1. The van der Waals surface area contributed by atoms with Crippen LogP contribution >= 0.6 is 0 Å². The zero-order valence-electron chi connectivity index (χ0n) is 12.6. The van der Waals surface area contributed by atoms with Crippen LogP contribution in [0, 0.1) is 5.82 Å². The topological polar surface area (TPSA) is 52.0 Å². The largest absolute Gasteiger partial charge is 0.493 e. The molecule has 0 aliphatic heterocycles. The van der Waals surface area contributed by atoms with E-state index in [0.717, 1.165) is 18.7 Å². The Morgan fingerprint density at radius 1 is 1.38 bits per heavy atom. The molecule has 0 radical (unpaired) electrons. The van der Waals surface area contributed by atoms with Gasteiger partial charge in [0, 0.05) is 18.3 Å². The molecule has 2 rings (SSSR count). The van der Waals surface area contributed by atoms with Crippen molar-refractivity contribution in [1.82, 2.24) is 20.1 Å². The van der Waals surface area contributed by atoms with Gasteiger partial charge in [-0.3, -0.25) is 9.67 Å². The lowest BCUT2D eigenvalue weighted by atomic mass is 10.0. The molecule has 0 fully saturated rings. The van der Waals surface area contributed by atoms with E-state index in [0.29, 0.717) is 17.9 Å². The van der Waals surface area contributed by atoms with E-state index in [1.807, 2.05) is 11.6 Å². The van der Waals surface area contributed by atoms with Gasteiger partial charge in [-0.15, -0.1) is 0 Å². The van der Waals surface area contributed by atoms with Crippen LogP contribution in [0.1, 0.15) is 37.6 Å². The maximum absolute atomic E-state index is 14.1. The Balaban J connectivity index is 2.52. The van der Waals surface area contributed by atoms with Crippen LogP contribution in [0.2, 0.25) is 0 Å². The van der Waals surface area contributed by atoms with Crippen LogP contribution in [0.15, 0.2) is 24.7 Å². The molecule has 0 bridgehead atoms. The maximum atomic E-state index is 14.1. The van der Waals surface area contributed by atoms with Gasteiger partial charge in [-0.1, -0.05) is 13.8 Å². The number of hydrogen-bond donors (Lipinski definition) is 1. The highest BCUT2D eigenvalue weighted by atomic mass is 19.1. The lowest BCUT2D eigenvalue weighted by Crippen LogP contribution is -2.26. The van der Waals surface area contributed by atoms with E-state index in [1.165, 1.54) is 6.20 Å². The van der Waals surface area contributed by atoms with E-state index < -0.39 is 0 Å². The number of hydrogen-bond acceptors (Lipinski definition) is 4. The lowest BCUT2D eigenvalue weighted by molar-refractivity contribution is 0.396. The summed E-state index contributed by atoms with van der Waals surface area (Å²) in [5.41, 5.74) is 1.38. The first-order chi connectivity index (χ1) is 10.2. The fraction of sp³-hybridized carbons (Fsp3) is 0.467. The van der Waals surface area contributed by atoms with Gasteiger partial charge in [0.1, 0.15) is 11.5 Å². The molecule has 0 saturated heterocycles. The second-order valence-corrected chi connectivity index (χ2v) is 4.71. The van der Waals surface area contributed by atoms with Crippen LogP contribution in [0.3, 0.4) is 0 Å². The highest BCUT2D eigenvalue weighted by Gasteiger charge is 2.25. The maximum Gasteiger partial charge on any atom is 0.161 e. The van der Waals surface area contributed by atoms with Gasteiger partial charge in [-0.05, 0) is 19.0 Å². The summed E-state index contributed by atoms with van der Waals surface area (Å²) in [6, 6.07) is 1.37. The summed E-state index contributed by atoms with van der Waals surface area (Å²) in [6.07, 6.45) is 5.44. The first-order valence-corrected chi connectivity index (χ1v) is 7.15.